The van der Waals surface area contributed by atoms with E-state index in [1.54, 1.807) is 12.0 Å². The quantitative estimate of drug-likeness (QED) is 0.661. The van der Waals surface area contributed by atoms with Crippen LogP contribution in [0.5, 0.6) is 11.6 Å². The molecule has 8 heteroatoms. The van der Waals surface area contributed by atoms with Crippen LogP contribution in [0.2, 0.25) is 0 Å². The third-order valence-electron chi connectivity index (χ3n) is 6.12. The molecule has 1 atom stereocenters. The van der Waals surface area contributed by atoms with Gasteiger partial charge >= 0.3 is 0 Å². The van der Waals surface area contributed by atoms with Crippen LogP contribution in [0.3, 0.4) is 0 Å². The molecule has 0 saturated carbocycles. The number of carbonyl (C=O) groups is 1. The minimum atomic E-state index is -1.42. The molecule has 0 unspecified atom stereocenters. The zero-order valence-electron chi connectivity index (χ0n) is 17.7. The molecule has 2 aromatic carbocycles. The fraction of sp³-hybridized carbons (Fsp3) is 0.208. The molecule has 3 aromatic rings. The number of rotatable bonds is 4. The first-order valence-corrected chi connectivity index (χ1v) is 10.3. The van der Waals surface area contributed by atoms with Crippen molar-refractivity contribution in [1.82, 2.24) is 10.2 Å². The first-order chi connectivity index (χ1) is 15.6. The van der Waals surface area contributed by atoms with Crippen LogP contribution in [0.25, 0.3) is 0 Å². The van der Waals surface area contributed by atoms with Gasteiger partial charge in [0.2, 0.25) is 17.7 Å². The van der Waals surface area contributed by atoms with Gasteiger partial charge < -0.3 is 20.1 Å². The van der Waals surface area contributed by atoms with Gasteiger partial charge in [-0.15, -0.1) is 5.10 Å². The fourth-order valence-corrected chi connectivity index (χ4v) is 4.73. The summed E-state index contributed by atoms with van der Waals surface area (Å²) in [5.74, 6) is 0.558. The van der Waals surface area contributed by atoms with Crippen LogP contribution >= 0.6 is 0 Å². The summed E-state index contributed by atoms with van der Waals surface area (Å²) in [5, 5.41) is 17.3. The lowest BCUT2D eigenvalue weighted by Gasteiger charge is -2.32. The number of fused-ring (bicyclic) bond motifs is 4. The number of nitrogens with two attached hydrogens (primary N) is 1. The number of benzene rings is 2. The molecule has 0 saturated heterocycles. The largest absolute Gasteiger partial charge is 0.497 e. The second-order valence-electron chi connectivity index (χ2n) is 7.70. The number of hydrogen-bond acceptors (Lipinski definition) is 6. The van der Waals surface area contributed by atoms with Crippen molar-refractivity contribution in [2.24, 2.45) is 5.73 Å². The molecule has 8 nitrogen and oxygen atoms in total. The molecule has 5 rings (SSSR count). The standard InChI is InChI=1S/C24H21N5O3/c1-3-18-20-22(28-27-18)32-21(26)17(12-25)24(20)16-9-4-5-10-19(16)29(23(24)30)13-14-7-6-8-15(11-14)31-2/h4-11H,3,13,26H2,1-2H3,(H,27,28)/t24-/m0/s1. The zero-order valence-corrected chi connectivity index (χ0v) is 17.7. The van der Waals surface area contributed by atoms with Crippen LogP contribution in [0.15, 0.2) is 60.0 Å². The molecule has 160 valence electrons. The normalized spacial score (nSPS) is 18.9. The Bertz CT molecular complexity index is 1320. The van der Waals surface area contributed by atoms with Gasteiger partial charge in [-0.2, -0.15) is 5.26 Å². The highest BCUT2D eigenvalue weighted by atomic mass is 16.5. The van der Waals surface area contributed by atoms with E-state index in [4.69, 9.17) is 15.2 Å². The van der Waals surface area contributed by atoms with Crippen molar-refractivity contribution in [2.75, 3.05) is 12.0 Å². The second-order valence-corrected chi connectivity index (χ2v) is 7.70. The van der Waals surface area contributed by atoms with Crippen molar-refractivity contribution in [3.05, 3.63) is 82.4 Å². The molecule has 0 bridgehead atoms. The van der Waals surface area contributed by atoms with Gasteiger partial charge in [0.25, 0.3) is 0 Å². The van der Waals surface area contributed by atoms with Crippen molar-refractivity contribution in [2.45, 2.75) is 25.3 Å². The van der Waals surface area contributed by atoms with Crippen LogP contribution < -0.4 is 20.1 Å². The summed E-state index contributed by atoms with van der Waals surface area (Å²) in [7, 11) is 1.60. The highest BCUT2D eigenvalue weighted by molar-refractivity contribution is 6.14. The van der Waals surface area contributed by atoms with Crippen LogP contribution in [0, 0.1) is 11.3 Å². The number of H-pyrrole nitrogens is 1. The van der Waals surface area contributed by atoms with E-state index >= 15 is 0 Å². The van der Waals surface area contributed by atoms with Gasteiger partial charge in [-0.25, -0.2) is 0 Å². The van der Waals surface area contributed by atoms with Crippen molar-refractivity contribution in [3.8, 4) is 17.7 Å². The number of nitrogens with one attached hydrogen (secondary N) is 1. The average molecular weight is 427 g/mol. The Morgan fingerprint density at radius 2 is 2.09 bits per heavy atom. The molecule has 0 aliphatic carbocycles. The summed E-state index contributed by atoms with van der Waals surface area (Å²) >= 11 is 0. The van der Waals surface area contributed by atoms with Crippen molar-refractivity contribution < 1.29 is 14.3 Å². The molecule has 1 aromatic heterocycles. The number of methoxy groups -OCH3 is 1. The SMILES string of the molecule is CCc1[nH]nc2c1[C@@]1(C(=O)N(Cc3cccc(OC)c3)c3ccccc31)C(C#N)=C(N)O2. The van der Waals surface area contributed by atoms with Gasteiger partial charge in [0, 0.05) is 16.9 Å². The average Bonchev–Trinajstić information content (AvgIpc) is 3.33. The van der Waals surface area contributed by atoms with Gasteiger partial charge in [-0.1, -0.05) is 37.3 Å². The van der Waals surface area contributed by atoms with Crippen molar-refractivity contribution in [3.63, 3.8) is 0 Å². The predicted octanol–water partition coefficient (Wildman–Crippen LogP) is 2.90. The van der Waals surface area contributed by atoms with Crippen LogP contribution in [0.4, 0.5) is 5.69 Å². The van der Waals surface area contributed by atoms with E-state index in [-0.39, 0.29) is 23.2 Å². The first-order valence-electron chi connectivity index (χ1n) is 10.3. The molecule has 0 radical (unpaired) electrons. The number of aromatic nitrogens is 2. The van der Waals surface area contributed by atoms with Gasteiger partial charge in [-0.05, 0) is 30.2 Å². The lowest BCUT2D eigenvalue weighted by molar-refractivity contribution is -0.121. The molecule has 2 aliphatic heterocycles. The summed E-state index contributed by atoms with van der Waals surface area (Å²) in [4.78, 5) is 16.0. The van der Waals surface area contributed by atoms with Crippen molar-refractivity contribution in [1.29, 1.82) is 5.26 Å². The Labute approximate surface area is 184 Å². The molecule has 2 aliphatic rings. The third kappa shape index (κ3) is 2.48. The first kappa shape index (κ1) is 19.7. The number of nitriles is 1. The number of para-hydroxylation sites is 1. The molecule has 0 fully saturated rings. The smallest absolute Gasteiger partial charge is 0.248 e. The van der Waals surface area contributed by atoms with E-state index in [1.807, 2.05) is 55.5 Å². The maximum Gasteiger partial charge on any atom is 0.248 e. The predicted molar refractivity (Wildman–Crippen MR) is 117 cm³/mol. The Morgan fingerprint density at radius 1 is 1.28 bits per heavy atom. The Kier molecular flexibility index (Phi) is 4.41. The van der Waals surface area contributed by atoms with Crippen LogP contribution in [-0.4, -0.2) is 23.2 Å². The van der Waals surface area contributed by atoms with E-state index in [0.29, 0.717) is 29.8 Å². The monoisotopic (exact) mass is 427 g/mol. The van der Waals surface area contributed by atoms with E-state index in [2.05, 4.69) is 16.3 Å². The summed E-state index contributed by atoms with van der Waals surface area (Å²) in [6, 6.07) is 17.2. The maximum absolute atomic E-state index is 14.3. The number of aromatic amines is 1. The summed E-state index contributed by atoms with van der Waals surface area (Å²) in [6.07, 6.45) is 0.581. The number of nitrogens with zero attached hydrogens (tertiary/aromatic N) is 3. The Balaban J connectivity index is 1.76. The molecular weight excluding hydrogens is 406 g/mol. The van der Waals surface area contributed by atoms with Gasteiger partial charge in [-0.3, -0.25) is 9.89 Å². The molecule has 1 amide bonds. The highest BCUT2D eigenvalue weighted by Gasteiger charge is 2.60. The zero-order chi connectivity index (χ0) is 22.5. The number of ether oxygens (including phenoxy) is 2. The minimum Gasteiger partial charge on any atom is -0.497 e. The van der Waals surface area contributed by atoms with E-state index < -0.39 is 5.41 Å². The number of hydrogen-bond donors (Lipinski definition) is 2. The minimum absolute atomic E-state index is 0.0756. The lowest BCUT2D eigenvalue weighted by atomic mass is 9.69. The lowest BCUT2D eigenvalue weighted by Crippen LogP contribution is -2.46. The summed E-state index contributed by atoms with van der Waals surface area (Å²) in [6.45, 7) is 2.26. The third-order valence-corrected chi connectivity index (χ3v) is 6.12. The number of aryl methyl sites for hydroxylation is 1. The van der Waals surface area contributed by atoms with Crippen LogP contribution in [-0.2, 0) is 23.2 Å². The highest BCUT2D eigenvalue weighted by Crippen LogP contribution is 2.56. The molecule has 3 heterocycles. The van der Waals surface area contributed by atoms with Gasteiger partial charge in [0.1, 0.15) is 22.8 Å². The molecule has 32 heavy (non-hydrogen) atoms. The van der Waals surface area contributed by atoms with Gasteiger partial charge in [0.05, 0.1) is 19.2 Å². The molecule has 1 spiro atoms. The Morgan fingerprint density at radius 3 is 2.84 bits per heavy atom. The van der Waals surface area contributed by atoms with Crippen LogP contribution in [0.1, 0.15) is 29.3 Å². The Hall–Kier alpha value is -4.25. The second kappa shape index (κ2) is 7.17. The summed E-state index contributed by atoms with van der Waals surface area (Å²) in [5.41, 5.74) is 8.40. The van der Waals surface area contributed by atoms with E-state index in [0.717, 1.165) is 16.9 Å². The topological polar surface area (TPSA) is 117 Å². The number of amides is 1. The van der Waals surface area contributed by atoms with Gasteiger partial charge in [0.15, 0.2) is 0 Å². The fourth-order valence-electron chi connectivity index (χ4n) is 4.73. The maximum atomic E-state index is 14.3. The molecule has 3 N–H and O–H groups in total. The van der Waals surface area contributed by atoms with E-state index in [9.17, 15) is 10.1 Å². The number of carbonyl (C=O) groups excluding carboxylic acids is 1. The summed E-state index contributed by atoms with van der Waals surface area (Å²) < 4.78 is 11.0. The van der Waals surface area contributed by atoms with E-state index in [1.165, 1.54) is 0 Å². The molecular formula is C24H21N5O3. The van der Waals surface area contributed by atoms with Crippen molar-refractivity contribution >= 4 is 11.6 Å². The number of anilines is 1.